The lowest BCUT2D eigenvalue weighted by Crippen LogP contribution is -2.36. The molecule has 0 aromatic heterocycles. The van der Waals surface area contributed by atoms with Gasteiger partial charge in [-0.2, -0.15) is 0 Å². The molecule has 0 aliphatic rings. The molecule has 2 amide bonds. The summed E-state index contributed by atoms with van der Waals surface area (Å²) in [5.41, 5.74) is 0.908. The minimum Gasteiger partial charge on any atom is -0.350 e. The Kier molecular flexibility index (Phi) is 6.12. The number of carbonyl (C=O) groups is 2. The van der Waals surface area contributed by atoms with E-state index in [0.717, 1.165) is 0 Å². The van der Waals surface area contributed by atoms with Crippen LogP contribution >= 0.6 is 27.5 Å². The van der Waals surface area contributed by atoms with Crippen molar-refractivity contribution in [1.29, 1.82) is 0 Å². The number of carbonyl (C=O) groups excluding carboxylic acids is 2. The van der Waals surface area contributed by atoms with E-state index in [1.54, 1.807) is 30.3 Å². The molecule has 23 heavy (non-hydrogen) atoms. The number of amides is 2. The van der Waals surface area contributed by atoms with Crippen LogP contribution in [0.15, 0.2) is 46.9 Å². The van der Waals surface area contributed by atoms with Gasteiger partial charge in [0.15, 0.2) is 0 Å². The Bertz CT molecular complexity index is 740. The van der Waals surface area contributed by atoms with Crippen LogP contribution < -0.4 is 10.6 Å². The van der Waals surface area contributed by atoms with Crippen molar-refractivity contribution in [2.75, 3.05) is 6.54 Å². The third-order valence-corrected chi connectivity index (χ3v) is 4.11. The van der Waals surface area contributed by atoms with E-state index in [2.05, 4.69) is 26.6 Å². The molecule has 2 aromatic rings. The number of nitrogens with one attached hydrogen (secondary N) is 2. The fourth-order valence-electron chi connectivity index (χ4n) is 1.84. The van der Waals surface area contributed by atoms with Gasteiger partial charge in [-0.1, -0.05) is 39.7 Å². The van der Waals surface area contributed by atoms with E-state index in [-0.39, 0.29) is 24.8 Å². The highest BCUT2D eigenvalue weighted by Crippen LogP contribution is 2.17. The van der Waals surface area contributed by atoms with E-state index in [9.17, 15) is 14.0 Å². The van der Waals surface area contributed by atoms with Gasteiger partial charge in [0, 0.05) is 11.0 Å². The van der Waals surface area contributed by atoms with Crippen molar-refractivity contribution in [1.82, 2.24) is 10.6 Å². The molecule has 120 valence electrons. The first-order valence-corrected chi connectivity index (χ1v) is 7.88. The lowest BCUT2D eigenvalue weighted by molar-refractivity contribution is -0.120. The molecule has 0 aliphatic carbocycles. The lowest BCUT2D eigenvalue weighted by atomic mass is 10.2. The van der Waals surface area contributed by atoms with Gasteiger partial charge in [-0.15, -0.1) is 0 Å². The van der Waals surface area contributed by atoms with Gasteiger partial charge in [0.2, 0.25) is 5.91 Å². The maximum Gasteiger partial charge on any atom is 0.253 e. The first-order valence-electron chi connectivity index (χ1n) is 6.70. The molecule has 0 spiro atoms. The average Bonchev–Trinajstić information content (AvgIpc) is 2.54. The predicted octanol–water partition coefficient (Wildman–Crippen LogP) is 3.29. The zero-order valence-electron chi connectivity index (χ0n) is 11.9. The molecular weight excluding hydrogens is 387 g/mol. The Morgan fingerprint density at radius 1 is 1.13 bits per heavy atom. The maximum absolute atomic E-state index is 13.1. The maximum atomic E-state index is 13.1. The molecule has 0 saturated carbocycles. The summed E-state index contributed by atoms with van der Waals surface area (Å²) in [5.74, 6) is -1.20. The van der Waals surface area contributed by atoms with Gasteiger partial charge in [-0.25, -0.2) is 4.39 Å². The average molecular weight is 400 g/mol. The number of benzene rings is 2. The van der Waals surface area contributed by atoms with Gasteiger partial charge >= 0.3 is 0 Å². The zero-order chi connectivity index (χ0) is 16.8. The van der Waals surface area contributed by atoms with Crippen molar-refractivity contribution in [2.24, 2.45) is 0 Å². The number of hydrogen-bond acceptors (Lipinski definition) is 2. The highest BCUT2D eigenvalue weighted by molar-refractivity contribution is 9.10. The molecule has 4 nitrogen and oxygen atoms in total. The van der Waals surface area contributed by atoms with Crippen LogP contribution in [-0.2, 0) is 11.3 Å². The highest BCUT2D eigenvalue weighted by atomic mass is 79.9. The van der Waals surface area contributed by atoms with Crippen LogP contribution in [0.2, 0.25) is 5.02 Å². The SMILES string of the molecule is O=C(CNC(=O)c1ccccc1Cl)NCc1cc(F)ccc1Br. The summed E-state index contributed by atoms with van der Waals surface area (Å²) in [5, 5.41) is 5.40. The van der Waals surface area contributed by atoms with Crippen molar-refractivity contribution in [3.05, 3.63) is 68.9 Å². The Balaban J connectivity index is 1.85. The predicted molar refractivity (Wildman–Crippen MR) is 89.7 cm³/mol. The summed E-state index contributed by atoms with van der Waals surface area (Å²) in [7, 11) is 0. The summed E-state index contributed by atoms with van der Waals surface area (Å²) in [4.78, 5) is 23.7. The summed E-state index contributed by atoms with van der Waals surface area (Å²) < 4.78 is 13.8. The van der Waals surface area contributed by atoms with Crippen LogP contribution in [0.5, 0.6) is 0 Å². The Morgan fingerprint density at radius 3 is 2.61 bits per heavy atom. The van der Waals surface area contributed by atoms with Gasteiger partial charge in [-0.05, 0) is 35.9 Å². The molecule has 0 fully saturated rings. The van der Waals surface area contributed by atoms with Crippen LogP contribution in [0.4, 0.5) is 4.39 Å². The van der Waals surface area contributed by atoms with Crippen molar-refractivity contribution >= 4 is 39.3 Å². The topological polar surface area (TPSA) is 58.2 Å². The summed E-state index contributed by atoms with van der Waals surface area (Å²) in [6.45, 7) is -0.0455. The fourth-order valence-corrected chi connectivity index (χ4v) is 2.44. The van der Waals surface area contributed by atoms with E-state index < -0.39 is 5.91 Å². The minimum absolute atomic E-state index is 0.152. The second-order valence-electron chi connectivity index (χ2n) is 4.67. The Hall–Kier alpha value is -1.92. The third-order valence-electron chi connectivity index (χ3n) is 3.01. The van der Waals surface area contributed by atoms with Gasteiger partial charge in [0.05, 0.1) is 17.1 Å². The molecule has 0 aliphatic heterocycles. The first-order chi connectivity index (χ1) is 11.0. The Morgan fingerprint density at radius 2 is 1.87 bits per heavy atom. The monoisotopic (exact) mass is 398 g/mol. The summed E-state index contributed by atoms with van der Waals surface area (Å²) in [6, 6.07) is 10.8. The van der Waals surface area contributed by atoms with Crippen LogP contribution in [0.3, 0.4) is 0 Å². The largest absolute Gasteiger partial charge is 0.350 e. The standard InChI is InChI=1S/C16H13BrClFN2O2/c17-13-6-5-11(19)7-10(13)8-20-15(22)9-21-16(23)12-3-1-2-4-14(12)18/h1-7H,8-9H2,(H,20,22)(H,21,23). The first kappa shape index (κ1) is 17.4. The van der Waals surface area contributed by atoms with Gasteiger partial charge in [0.1, 0.15) is 5.82 Å². The van der Waals surface area contributed by atoms with E-state index in [1.165, 1.54) is 12.1 Å². The normalized spacial score (nSPS) is 10.2. The van der Waals surface area contributed by atoms with Crippen molar-refractivity contribution in [3.63, 3.8) is 0 Å². The van der Waals surface area contributed by atoms with E-state index in [4.69, 9.17) is 11.6 Å². The summed E-state index contributed by atoms with van der Waals surface area (Å²) in [6.07, 6.45) is 0. The number of halogens is 3. The van der Waals surface area contributed by atoms with Gasteiger partial charge in [-0.3, -0.25) is 9.59 Å². The van der Waals surface area contributed by atoms with E-state index >= 15 is 0 Å². The van der Waals surface area contributed by atoms with Gasteiger partial charge in [0.25, 0.3) is 5.91 Å². The zero-order valence-corrected chi connectivity index (χ0v) is 14.2. The molecule has 0 radical (unpaired) electrons. The second kappa shape index (κ2) is 8.08. The highest BCUT2D eigenvalue weighted by Gasteiger charge is 2.11. The second-order valence-corrected chi connectivity index (χ2v) is 5.94. The number of rotatable bonds is 5. The quantitative estimate of drug-likeness (QED) is 0.810. The Labute approximate surface area is 146 Å². The molecule has 2 aromatic carbocycles. The van der Waals surface area contributed by atoms with Crippen LogP contribution in [0.25, 0.3) is 0 Å². The third kappa shape index (κ3) is 5.04. The molecule has 0 saturated heterocycles. The summed E-state index contributed by atoms with van der Waals surface area (Å²) >= 11 is 9.18. The van der Waals surface area contributed by atoms with E-state index in [1.807, 2.05) is 0 Å². The number of hydrogen-bond donors (Lipinski definition) is 2. The van der Waals surface area contributed by atoms with Crippen LogP contribution in [0, 0.1) is 5.82 Å². The smallest absolute Gasteiger partial charge is 0.253 e. The molecule has 7 heteroatoms. The molecule has 0 bridgehead atoms. The van der Waals surface area contributed by atoms with Gasteiger partial charge < -0.3 is 10.6 Å². The van der Waals surface area contributed by atoms with Crippen LogP contribution in [-0.4, -0.2) is 18.4 Å². The van der Waals surface area contributed by atoms with E-state index in [0.29, 0.717) is 20.6 Å². The van der Waals surface area contributed by atoms with Crippen LogP contribution in [0.1, 0.15) is 15.9 Å². The molecule has 2 N–H and O–H groups in total. The van der Waals surface area contributed by atoms with Crippen molar-refractivity contribution in [2.45, 2.75) is 6.54 Å². The van der Waals surface area contributed by atoms with Crippen molar-refractivity contribution in [3.8, 4) is 0 Å². The molecule has 0 unspecified atom stereocenters. The molecule has 0 heterocycles. The minimum atomic E-state index is -0.433. The van der Waals surface area contributed by atoms with Crippen molar-refractivity contribution < 1.29 is 14.0 Å². The molecule has 0 atom stereocenters. The molecule has 2 rings (SSSR count). The lowest BCUT2D eigenvalue weighted by Gasteiger charge is -2.09. The fraction of sp³-hybridized carbons (Fsp3) is 0.125. The molecular formula is C16H13BrClFN2O2.